The molecule has 1 saturated heterocycles. The van der Waals surface area contributed by atoms with E-state index in [4.69, 9.17) is 5.73 Å². The van der Waals surface area contributed by atoms with Crippen molar-refractivity contribution in [3.05, 3.63) is 59.1 Å². The van der Waals surface area contributed by atoms with Crippen LogP contribution in [0.4, 0.5) is 10.2 Å². The number of aromatic nitrogens is 4. The van der Waals surface area contributed by atoms with E-state index in [9.17, 15) is 18.8 Å². The number of rotatable bonds is 6. The fraction of sp³-hybridized carbons (Fsp3) is 0.238. The molecule has 0 aromatic carbocycles. The van der Waals surface area contributed by atoms with Crippen LogP contribution in [0, 0.1) is 0 Å². The van der Waals surface area contributed by atoms with E-state index >= 15 is 0 Å². The second-order valence-corrected chi connectivity index (χ2v) is 8.22. The van der Waals surface area contributed by atoms with Crippen molar-refractivity contribution >= 4 is 39.5 Å². The van der Waals surface area contributed by atoms with Crippen LogP contribution >= 0.6 is 15.9 Å². The molecule has 3 amide bonds. The monoisotopic (exact) mass is 515 g/mol. The Morgan fingerprint density at radius 3 is 2.76 bits per heavy atom. The van der Waals surface area contributed by atoms with E-state index in [1.165, 1.54) is 15.6 Å². The van der Waals surface area contributed by atoms with Crippen molar-refractivity contribution in [3.63, 3.8) is 0 Å². The zero-order chi connectivity index (χ0) is 23.5. The van der Waals surface area contributed by atoms with Gasteiger partial charge in [-0.3, -0.25) is 24.0 Å². The van der Waals surface area contributed by atoms with Crippen molar-refractivity contribution in [1.29, 1.82) is 0 Å². The summed E-state index contributed by atoms with van der Waals surface area (Å²) in [4.78, 5) is 46.9. The first-order chi connectivity index (χ1) is 15.8. The Kier molecular flexibility index (Phi) is 6.45. The molecule has 4 rings (SSSR count). The van der Waals surface area contributed by atoms with Crippen LogP contribution in [0.1, 0.15) is 16.9 Å². The summed E-state index contributed by atoms with van der Waals surface area (Å²) in [6, 6.07) is 8.86. The summed E-state index contributed by atoms with van der Waals surface area (Å²) in [7, 11) is 0. The predicted molar refractivity (Wildman–Crippen MR) is 120 cm³/mol. The van der Waals surface area contributed by atoms with Gasteiger partial charge in [0.15, 0.2) is 5.69 Å². The van der Waals surface area contributed by atoms with Crippen LogP contribution < -0.4 is 11.1 Å². The van der Waals surface area contributed by atoms with Crippen molar-refractivity contribution in [2.75, 3.05) is 11.9 Å². The number of carbonyl (C=O) groups is 3. The van der Waals surface area contributed by atoms with Gasteiger partial charge in [-0.25, -0.2) is 9.37 Å². The van der Waals surface area contributed by atoms with Crippen LogP contribution in [0.15, 0.2) is 53.4 Å². The van der Waals surface area contributed by atoms with E-state index in [0.717, 1.165) is 0 Å². The maximum absolute atomic E-state index is 14.3. The largest absolute Gasteiger partial charge is 0.364 e. The molecule has 33 heavy (non-hydrogen) atoms. The molecular weight excluding hydrogens is 497 g/mol. The van der Waals surface area contributed by atoms with Gasteiger partial charge in [0.2, 0.25) is 11.8 Å². The number of primary amides is 1. The molecule has 3 N–H and O–H groups in total. The molecule has 0 aliphatic carbocycles. The Morgan fingerprint density at radius 1 is 1.24 bits per heavy atom. The quantitative estimate of drug-likeness (QED) is 0.480. The molecular formula is C21H19BrFN7O3. The van der Waals surface area contributed by atoms with E-state index in [0.29, 0.717) is 15.9 Å². The fourth-order valence-electron chi connectivity index (χ4n) is 3.62. The molecule has 2 atom stereocenters. The number of pyridine rings is 2. The number of halogens is 2. The Labute approximate surface area is 196 Å². The summed E-state index contributed by atoms with van der Waals surface area (Å²) in [5, 5.41) is 6.74. The zero-order valence-corrected chi connectivity index (χ0v) is 18.8. The third-order valence-corrected chi connectivity index (χ3v) is 5.56. The number of carbonyl (C=O) groups excluding carboxylic acids is 3. The van der Waals surface area contributed by atoms with E-state index < -0.39 is 29.9 Å². The summed E-state index contributed by atoms with van der Waals surface area (Å²) in [6.07, 6.45) is 1.65. The van der Waals surface area contributed by atoms with Gasteiger partial charge in [0, 0.05) is 24.4 Å². The number of likely N-dealkylation sites (tertiary alicyclic amines) is 1. The summed E-state index contributed by atoms with van der Waals surface area (Å²) in [5.41, 5.74) is 6.39. The molecule has 4 heterocycles. The first kappa shape index (κ1) is 22.5. The first-order valence-corrected chi connectivity index (χ1v) is 10.8. The Balaban J connectivity index is 1.56. The van der Waals surface area contributed by atoms with Crippen molar-refractivity contribution in [2.45, 2.75) is 25.2 Å². The van der Waals surface area contributed by atoms with Crippen molar-refractivity contribution < 1.29 is 18.8 Å². The van der Waals surface area contributed by atoms with Gasteiger partial charge in [0.05, 0.1) is 12.2 Å². The molecule has 3 aromatic heterocycles. The van der Waals surface area contributed by atoms with Gasteiger partial charge in [0.25, 0.3) is 5.91 Å². The predicted octanol–water partition coefficient (Wildman–Crippen LogP) is 1.78. The average Bonchev–Trinajstić information content (AvgIpc) is 3.38. The Hall–Kier alpha value is -3.67. The van der Waals surface area contributed by atoms with Crippen LogP contribution in [0.2, 0.25) is 0 Å². The second kappa shape index (κ2) is 9.45. The lowest BCUT2D eigenvalue weighted by atomic mass is 10.2. The van der Waals surface area contributed by atoms with Gasteiger partial charge in [-0.2, -0.15) is 5.10 Å². The molecule has 0 saturated carbocycles. The van der Waals surface area contributed by atoms with Crippen molar-refractivity contribution in [1.82, 2.24) is 24.6 Å². The van der Waals surface area contributed by atoms with Gasteiger partial charge in [-0.05, 0) is 46.3 Å². The standard InChI is InChI=1S/C21H19BrFN7O3/c22-17-4-1-5-18(26-17)27-21(33)16-7-13(23)10-29(16)19(31)11-30-15(8-14(28-30)20(24)32)12-3-2-6-25-9-12/h1-6,8-9,13,16H,7,10-11H2,(H2,24,32)(H,26,27,33)/t13-,16+/m1/s1. The van der Waals surface area contributed by atoms with Crippen molar-refractivity contribution in [2.24, 2.45) is 5.73 Å². The number of nitrogens with two attached hydrogens (primary N) is 1. The minimum Gasteiger partial charge on any atom is -0.364 e. The highest BCUT2D eigenvalue weighted by Gasteiger charge is 2.40. The van der Waals surface area contributed by atoms with Gasteiger partial charge in [-0.1, -0.05) is 6.07 Å². The maximum atomic E-state index is 14.3. The van der Waals surface area contributed by atoms with Crippen LogP contribution in [0.5, 0.6) is 0 Å². The van der Waals surface area contributed by atoms with Crippen LogP contribution in [-0.4, -0.2) is 61.1 Å². The summed E-state index contributed by atoms with van der Waals surface area (Å²) < 4.78 is 16.1. The molecule has 10 nitrogen and oxygen atoms in total. The summed E-state index contributed by atoms with van der Waals surface area (Å²) >= 11 is 3.22. The van der Waals surface area contributed by atoms with Gasteiger partial charge in [0.1, 0.15) is 29.2 Å². The molecule has 1 fully saturated rings. The number of anilines is 1. The highest BCUT2D eigenvalue weighted by Crippen LogP contribution is 2.24. The van der Waals surface area contributed by atoms with Crippen molar-refractivity contribution in [3.8, 4) is 11.3 Å². The molecule has 170 valence electrons. The van der Waals surface area contributed by atoms with Crippen LogP contribution in [-0.2, 0) is 16.1 Å². The number of hydrogen-bond donors (Lipinski definition) is 2. The van der Waals surface area contributed by atoms with E-state index in [2.05, 4.69) is 36.3 Å². The highest BCUT2D eigenvalue weighted by molar-refractivity contribution is 9.10. The summed E-state index contributed by atoms with van der Waals surface area (Å²) in [6.45, 7) is -0.544. The van der Waals surface area contributed by atoms with Gasteiger partial charge >= 0.3 is 0 Å². The maximum Gasteiger partial charge on any atom is 0.269 e. The lowest BCUT2D eigenvalue weighted by Gasteiger charge is -2.23. The van der Waals surface area contributed by atoms with E-state index in [1.54, 1.807) is 42.7 Å². The third kappa shape index (κ3) is 5.06. The number of hydrogen-bond acceptors (Lipinski definition) is 6. The normalized spacial score (nSPS) is 17.7. The SMILES string of the molecule is NC(=O)c1cc(-c2cccnc2)n(CC(=O)N2C[C@H](F)C[C@H]2C(=O)Nc2cccc(Br)n2)n1. The molecule has 3 aromatic rings. The minimum absolute atomic E-state index is 0.0264. The fourth-order valence-corrected chi connectivity index (χ4v) is 3.96. The zero-order valence-electron chi connectivity index (χ0n) is 17.2. The molecule has 0 unspecified atom stereocenters. The number of amides is 3. The molecule has 0 radical (unpaired) electrons. The van der Waals surface area contributed by atoms with Crippen LogP contribution in [0.3, 0.4) is 0 Å². The third-order valence-electron chi connectivity index (χ3n) is 5.11. The molecule has 0 spiro atoms. The van der Waals surface area contributed by atoms with Crippen LogP contribution in [0.25, 0.3) is 11.3 Å². The van der Waals surface area contributed by atoms with Gasteiger partial charge < -0.3 is 16.0 Å². The minimum atomic E-state index is -1.35. The number of alkyl halides is 1. The lowest BCUT2D eigenvalue weighted by molar-refractivity contribution is -0.137. The molecule has 12 heteroatoms. The second-order valence-electron chi connectivity index (χ2n) is 7.41. The molecule has 1 aliphatic rings. The lowest BCUT2D eigenvalue weighted by Crippen LogP contribution is -2.44. The summed E-state index contributed by atoms with van der Waals surface area (Å²) in [5.74, 6) is -1.54. The van der Waals surface area contributed by atoms with Gasteiger partial charge in [-0.15, -0.1) is 0 Å². The molecule has 1 aliphatic heterocycles. The average molecular weight is 516 g/mol. The van der Waals surface area contributed by atoms with E-state index in [1.807, 2.05) is 0 Å². The topological polar surface area (TPSA) is 136 Å². The number of nitrogens with zero attached hydrogens (tertiary/aromatic N) is 5. The first-order valence-electron chi connectivity index (χ1n) is 9.97. The highest BCUT2D eigenvalue weighted by atomic mass is 79.9. The Morgan fingerprint density at radius 2 is 2.06 bits per heavy atom. The smallest absolute Gasteiger partial charge is 0.269 e. The van der Waals surface area contributed by atoms with E-state index in [-0.39, 0.29) is 31.0 Å². The Bertz CT molecular complexity index is 1200. The number of nitrogens with one attached hydrogen (secondary N) is 1. The molecule has 0 bridgehead atoms.